The fourth-order valence-corrected chi connectivity index (χ4v) is 1.50. The van der Waals surface area contributed by atoms with Crippen molar-refractivity contribution in [3.05, 3.63) is 29.6 Å². The maximum absolute atomic E-state index is 12.8. The molecule has 0 amide bonds. The summed E-state index contributed by atoms with van der Waals surface area (Å²) < 4.78 is 12.8. The summed E-state index contributed by atoms with van der Waals surface area (Å²) in [5.74, 6) is 2.11. The van der Waals surface area contributed by atoms with Gasteiger partial charge in [-0.1, -0.05) is 6.07 Å². The summed E-state index contributed by atoms with van der Waals surface area (Å²) in [4.78, 5) is 0. The van der Waals surface area contributed by atoms with Crippen molar-refractivity contribution < 1.29 is 9.50 Å². The van der Waals surface area contributed by atoms with Crippen LogP contribution in [0.3, 0.4) is 0 Å². The van der Waals surface area contributed by atoms with Crippen LogP contribution >= 0.6 is 0 Å². The zero-order valence-corrected chi connectivity index (χ0v) is 9.33. The van der Waals surface area contributed by atoms with E-state index in [9.17, 15) is 9.50 Å². The SMILES string of the molecule is C#CCCCNC(C)c1ccc(F)cc1O. The number of benzene rings is 1. The quantitative estimate of drug-likeness (QED) is 0.591. The third kappa shape index (κ3) is 3.56. The first-order chi connectivity index (χ1) is 7.65. The molecular formula is C13H16FNO. The maximum Gasteiger partial charge on any atom is 0.126 e. The average Bonchev–Trinajstić information content (AvgIpc) is 2.24. The molecule has 2 nitrogen and oxygen atoms in total. The van der Waals surface area contributed by atoms with Crippen LogP contribution < -0.4 is 5.32 Å². The summed E-state index contributed by atoms with van der Waals surface area (Å²) in [5.41, 5.74) is 0.696. The number of nitrogens with one attached hydrogen (secondary N) is 1. The zero-order chi connectivity index (χ0) is 12.0. The van der Waals surface area contributed by atoms with E-state index in [0.717, 1.165) is 25.5 Å². The fourth-order valence-electron chi connectivity index (χ4n) is 1.50. The third-order valence-corrected chi connectivity index (χ3v) is 2.41. The van der Waals surface area contributed by atoms with Gasteiger partial charge in [-0.3, -0.25) is 0 Å². The minimum absolute atomic E-state index is 0.0154. The Labute approximate surface area is 95.5 Å². The molecule has 2 N–H and O–H groups in total. The van der Waals surface area contributed by atoms with Crippen LogP contribution in [0.15, 0.2) is 18.2 Å². The van der Waals surface area contributed by atoms with Crippen LogP contribution in [0.2, 0.25) is 0 Å². The fraction of sp³-hybridized carbons (Fsp3) is 0.385. The highest BCUT2D eigenvalue weighted by Gasteiger charge is 2.09. The second kappa shape index (κ2) is 6.14. The molecule has 0 bridgehead atoms. The van der Waals surface area contributed by atoms with E-state index in [-0.39, 0.29) is 11.8 Å². The molecule has 1 atom stereocenters. The average molecular weight is 221 g/mol. The van der Waals surface area contributed by atoms with Crippen LogP contribution in [0.1, 0.15) is 31.4 Å². The standard InChI is InChI=1S/C13H16FNO/c1-3-4-5-8-15-10(2)12-7-6-11(14)9-13(12)16/h1,6-7,9-10,15-16H,4-5,8H2,2H3. The molecule has 0 heterocycles. The lowest BCUT2D eigenvalue weighted by Crippen LogP contribution is -2.19. The number of unbranched alkanes of at least 4 members (excludes halogenated alkanes) is 1. The van der Waals surface area contributed by atoms with Gasteiger partial charge in [-0.05, 0) is 26.0 Å². The van der Waals surface area contributed by atoms with Gasteiger partial charge in [0.2, 0.25) is 0 Å². The summed E-state index contributed by atoms with van der Waals surface area (Å²) in [6.07, 6.45) is 6.76. The smallest absolute Gasteiger partial charge is 0.126 e. The molecule has 86 valence electrons. The lowest BCUT2D eigenvalue weighted by Gasteiger charge is -2.15. The third-order valence-electron chi connectivity index (χ3n) is 2.41. The number of hydrogen-bond acceptors (Lipinski definition) is 2. The molecule has 1 rings (SSSR count). The van der Waals surface area contributed by atoms with Gasteiger partial charge in [-0.15, -0.1) is 12.3 Å². The lowest BCUT2D eigenvalue weighted by atomic mass is 10.1. The first-order valence-corrected chi connectivity index (χ1v) is 5.30. The number of phenols is 1. The lowest BCUT2D eigenvalue weighted by molar-refractivity contribution is 0.446. The number of halogens is 1. The molecule has 0 spiro atoms. The van der Waals surface area contributed by atoms with E-state index in [1.807, 2.05) is 6.92 Å². The predicted molar refractivity (Wildman–Crippen MR) is 62.5 cm³/mol. The van der Waals surface area contributed by atoms with E-state index < -0.39 is 5.82 Å². The highest BCUT2D eigenvalue weighted by molar-refractivity contribution is 5.34. The van der Waals surface area contributed by atoms with E-state index >= 15 is 0 Å². The Balaban J connectivity index is 2.53. The Morgan fingerprint density at radius 1 is 1.56 bits per heavy atom. The number of aromatic hydroxyl groups is 1. The first-order valence-electron chi connectivity index (χ1n) is 5.30. The van der Waals surface area contributed by atoms with Gasteiger partial charge in [0.15, 0.2) is 0 Å². The zero-order valence-electron chi connectivity index (χ0n) is 9.33. The maximum atomic E-state index is 12.8. The highest BCUT2D eigenvalue weighted by atomic mass is 19.1. The molecule has 0 saturated heterocycles. The summed E-state index contributed by atoms with van der Waals surface area (Å²) in [6.45, 7) is 2.70. The van der Waals surface area contributed by atoms with E-state index in [1.165, 1.54) is 6.07 Å². The Kier molecular flexibility index (Phi) is 4.81. The molecule has 0 saturated carbocycles. The molecule has 1 aromatic rings. The van der Waals surface area contributed by atoms with Gasteiger partial charge < -0.3 is 10.4 Å². The van der Waals surface area contributed by atoms with Crippen LogP contribution in [0.5, 0.6) is 5.75 Å². The molecule has 0 aliphatic heterocycles. The number of phenolic OH excluding ortho intramolecular Hbond substituents is 1. The van der Waals surface area contributed by atoms with Gasteiger partial charge in [0.25, 0.3) is 0 Å². The van der Waals surface area contributed by atoms with E-state index in [1.54, 1.807) is 6.07 Å². The number of rotatable bonds is 5. The number of terminal acetylenes is 1. The Hall–Kier alpha value is -1.53. The summed E-state index contributed by atoms with van der Waals surface area (Å²) in [7, 11) is 0. The van der Waals surface area contributed by atoms with Crippen molar-refractivity contribution in [3.63, 3.8) is 0 Å². The number of hydrogen-bond donors (Lipinski definition) is 2. The van der Waals surface area contributed by atoms with Gasteiger partial charge in [0, 0.05) is 24.1 Å². The topological polar surface area (TPSA) is 32.3 Å². The van der Waals surface area contributed by atoms with Crippen molar-refractivity contribution in [1.29, 1.82) is 0 Å². The van der Waals surface area contributed by atoms with E-state index in [4.69, 9.17) is 6.42 Å². The molecule has 0 aromatic heterocycles. The molecule has 16 heavy (non-hydrogen) atoms. The second-order valence-corrected chi connectivity index (χ2v) is 3.69. The van der Waals surface area contributed by atoms with E-state index in [0.29, 0.717) is 5.56 Å². The van der Waals surface area contributed by atoms with Crippen molar-refractivity contribution in [2.24, 2.45) is 0 Å². The Morgan fingerprint density at radius 2 is 2.31 bits per heavy atom. The summed E-state index contributed by atoms with van der Waals surface area (Å²) in [6, 6.07) is 4.03. The Morgan fingerprint density at radius 3 is 2.94 bits per heavy atom. The largest absolute Gasteiger partial charge is 0.508 e. The minimum atomic E-state index is -0.430. The molecule has 0 aliphatic carbocycles. The minimum Gasteiger partial charge on any atom is -0.508 e. The second-order valence-electron chi connectivity index (χ2n) is 3.69. The van der Waals surface area contributed by atoms with Crippen LogP contribution in [0, 0.1) is 18.2 Å². The summed E-state index contributed by atoms with van der Waals surface area (Å²) in [5, 5.41) is 12.8. The highest BCUT2D eigenvalue weighted by Crippen LogP contribution is 2.24. The predicted octanol–water partition coefficient (Wildman–Crippen LogP) is 2.60. The molecule has 3 heteroatoms. The van der Waals surface area contributed by atoms with Crippen molar-refractivity contribution in [1.82, 2.24) is 5.32 Å². The van der Waals surface area contributed by atoms with Gasteiger partial charge in [0.1, 0.15) is 11.6 Å². The molecule has 0 radical (unpaired) electrons. The normalized spacial score (nSPS) is 12.1. The van der Waals surface area contributed by atoms with E-state index in [2.05, 4.69) is 11.2 Å². The summed E-state index contributed by atoms with van der Waals surface area (Å²) >= 11 is 0. The van der Waals surface area contributed by atoms with Crippen LogP contribution in [0.4, 0.5) is 4.39 Å². The molecule has 0 aliphatic rings. The van der Waals surface area contributed by atoms with Crippen molar-refractivity contribution in [2.75, 3.05) is 6.54 Å². The van der Waals surface area contributed by atoms with Crippen LogP contribution in [-0.4, -0.2) is 11.7 Å². The first kappa shape index (κ1) is 12.5. The van der Waals surface area contributed by atoms with Crippen molar-refractivity contribution in [3.8, 4) is 18.1 Å². The molecule has 0 fully saturated rings. The Bertz CT molecular complexity index is 384. The van der Waals surface area contributed by atoms with Crippen molar-refractivity contribution in [2.45, 2.75) is 25.8 Å². The van der Waals surface area contributed by atoms with Gasteiger partial charge in [-0.2, -0.15) is 0 Å². The van der Waals surface area contributed by atoms with Crippen LogP contribution in [0.25, 0.3) is 0 Å². The van der Waals surface area contributed by atoms with Crippen molar-refractivity contribution >= 4 is 0 Å². The van der Waals surface area contributed by atoms with Crippen LogP contribution in [-0.2, 0) is 0 Å². The molecule has 1 unspecified atom stereocenters. The van der Waals surface area contributed by atoms with Gasteiger partial charge in [0.05, 0.1) is 0 Å². The molecule has 1 aromatic carbocycles. The van der Waals surface area contributed by atoms with Gasteiger partial charge in [-0.25, -0.2) is 4.39 Å². The molecular weight excluding hydrogens is 205 g/mol. The monoisotopic (exact) mass is 221 g/mol. The van der Waals surface area contributed by atoms with Gasteiger partial charge >= 0.3 is 0 Å².